The highest BCUT2D eigenvalue weighted by atomic mass is 16.3. The number of nitrogens with zero attached hydrogens (tertiary/aromatic N) is 2. The van der Waals surface area contributed by atoms with Gasteiger partial charge in [0.05, 0.1) is 11.7 Å². The molecule has 0 radical (unpaired) electrons. The third-order valence-corrected chi connectivity index (χ3v) is 2.70. The lowest BCUT2D eigenvalue weighted by Crippen LogP contribution is -2.28. The lowest BCUT2D eigenvalue weighted by atomic mass is 10.2. The largest absolute Gasteiger partial charge is 0.505 e. The Hall–Kier alpha value is -2.43. The standard InChI is InChI=1S/C14H15N3O2/c1-9-5-3-6-11(16-9)10(2)17-14(19)13-12(18)7-4-8-15-13/h3-8,10,18H,1-2H3,(H,17,19)/t10-/m1/s1. The van der Waals surface area contributed by atoms with Crippen molar-refractivity contribution in [2.75, 3.05) is 0 Å². The maximum absolute atomic E-state index is 12.0. The van der Waals surface area contributed by atoms with Crippen LogP contribution in [0.4, 0.5) is 0 Å². The maximum atomic E-state index is 12.0. The summed E-state index contributed by atoms with van der Waals surface area (Å²) in [4.78, 5) is 20.2. The molecular weight excluding hydrogens is 242 g/mol. The first-order valence-corrected chi connectivity index (χ1v) is 5.96. The Bertz CT molecular complexity index is 599. The summed E-state index contributed by atoms with van der Waals surface area (Å²) in [6.07, 6.45) is 1.46. The zero-order valence-electron chi connectivity index (χ0n) is 10.8. The van der Waals surface area contributed by atoms with E-state index < -0.39 is 5.91 Å². The lowest BCUT2D eigenvalue weighted by Gasteiger charge is -2.13. The molecule has 1 amide bonds. The number of aromatic hydroxyl groups is 1. The van der Waals surface area contributed by atoms with Crippen molar-refractivity contribution in [3.8, 4) is 5.75 Å². The van der Waals surface area contributed by atoms with Crippen LogP contribution in [0.1, 0.15) is 34.8 Å². The van der Waals surface area contributed by atoms with Crippen LogP contribution in [0.2, 0.25) is 0 Å². The van der Waals surface area contributed by atoms with Crippen LogP contribution in [-0.4, -0.2) is 21.0 Å². The molecule has 2 rings (SSSR count). The Kier molecular flexibility index (Phi) is 3.75. The summed E-state index contributed by atoms with van der Waals surface area (Å²) in [6, 6.07) is 8.36. The van der Waals surface area contributed by atoms with Gasteiger partial charge in [0.25, 0.3) is 5.91 Å². The van der Waals surface area contributed by atoms with Crippen molar-refractivity contribution in [3.63, 3.8) is 0 Å². The number of aromatic nitrogens is 2. The van der Waals surface area contributed by atoms with E-state index in [-0.39, 0.29) is 17.5 Å². The number of nitrogens with one attached hydrogen (secondary N) is 1. The van der Waals surface area contributed by atoms with Gasteiger partial charge in [0.1, 0.15) is 5.75 Å². The number of amides is 1. The fourth-order valence-electron chi connectivity index (χ4n) is 1.72. The normalized spacial score (nSPS) is 11.9. The number of carbonyl (C=O) groups excluding carboxylic acids is 1. The number of hydrogen-bond acceptors (Lipinski definition) is 4. The van der Waals surface area contributed by atoms with Crippen molar-refractivity contribution in [2.24, 2.45) is 0 Å². The minimum Gasteiger partial charge on any atom is -0.505 e. The Labute approximate surface area is 111 Å². The topological polar surface area (TPSA) is 75.1 Å². The van der Waals surface area contributed by atoms with Crippen LogP contribution in [0.25, 0.3) is 0 Å². The van der Waals surface area contributed by atoms with E-state index in [9.17, 15) is 9.90 Å². The van der Waals surface area contributed by atoms with Crippen molar-refractivity contribution in [2.45, 2.75) is 19.9 Å². The third kappa shape index (κ3) is 3.07. The third-order valence-electron chi connectivity index (χ3n) is 2.70. The van der Waals surface area contributed by atoms with Crippen LogP contribution < -0.4 is 5.32 Å². The predicted octanol–water partition coefficient (Wildman–Crippen LogP) is 1.98. The summed E-state index contributed by atoms with van der Waals surface area (Å²) in [6.45, 7) is 3.72. The van der Waals surface area contributed by atoms with Crippen LogP contribution in [0.15, 0.2) is 36.5 Å². The Morgan fingerprint density at radius 1 is 1.32 bits per heavy atom. The summed E-state index contributed by atoms with van der Waals surface area (Å²) in [7, 11) is 0. The molecule has 2 aromatic heterocycles. The molecule has 2 heterocycles. The zero-order chi connectivity index (χ0) is 13.8. The molecule has 2 aromatic rings. The van der Waals surface area contributed by atoms with Gasteiger partial charge in [-0.2, -0.15) is 0 Å². The van der Waals surface area contributed by atoms with Gasteiger partial charge >= 0.3 is 0 Å². The second-order valence-electron chi connectivity index (χ2n) is 4.27. The lowest BCUT2D eigenvalue weighted by molar-refractivity contribution is 0.0931. The van der Waals surface area contributed by atoms with Crippen LogP contribution in [0.5, 0.6) is 5.75 Å². The number of rotatable bonds is 3. The minimum atomic E-state index is -0.422. The van der Waals surface area contributed by atoms with Gasteiger partial charge in [-0.15, -0.1) is 0 Å². The Morgan fingerprint density at radius 3 is 2.79 bits per heavy atom. The molecule has 0 bridgehead atoms. The fraction of sp³-hybridized carbons (Fsp3) is 0.214. The van der Waals surface area contributed by atoms with Crippen LogP contribution >= 0.6 is 0 Å². The molecular formula is C14H15N3O2. The van der Waals surface area contributed by atoms with E-state index >= 15 is 0 Å². The average Bonchev–Trinajstić information content (AvgIpc) is 2.39. The van der Waals surface area contributed by atoms with E-state index in [4.69, 9.17) is 0 Å². The Morgan fingerprint density at radius 2 is 2.11 bits per heavy atom. The van der Waals surface area contributed by atoms with Gasteiger partial charge in [0, 0.05) is 11.9 Å². The molecule has 0 saturated heterocycles. The van der Waals surface area contributed by atoms with Gasteiger partial charge in [-0.1, -0.05) is 6.07 Å². The fourth-order valence-corrected chi connectivity index (χ4v) is 1.72. The average molecular weight is 257 g/mol. The molecule has 0 aromatic carbocycles. The summed E-state index contributed by atoms with van der Waals surface area (Å²) >= 11 is 0. The number of pyridine rings is 2. The minimum absolute atomic E-state index is 0.0157. The highest BCUT2D eigenvalue weighted by Crippen LogP contribution is 2.15. The van der Waals surface area contributed by atoms with Crippen molar-refractivity contribution in [1.82, 2.24) is 15.3 Å². The van der Waals surface area contributed by atoms with Crippen molar-refractivity contribution < 1.29 is 9.90 Å². The van der Waals surface area contributed by atoms with E-state index in [0.717, 1.165) is 11.4 Å². The number of carbonyl (C=O) groups is 1. The molecule has 0 fully saturated rings. The van der Waals surface area contributed by atoms with Crippen molar-refractivity contribution in [3.05, 3.63) is 53.6 Å². The van der Waals surface area contributed by atoms with Crippen LogP contribution in [0, 0.1) is 6.92 Å². The summed E-state index contributed by atoms with van der Waals surface area (Å²) in [5.74, 6) is -0.557. The maximum Gasteiger partial charge on any atom is 0.274 e. The molecule has 19 heavy (non-hydrogen) atoms. The van der Waals surface area contributed by atoms with Gasteiger partial charge in [0.15, 0.2) is 5.69 Å². The van der Waals surface area contributed by atoms with E-state index in [0.29, 0.717) is 0 Å². The van der Waals surface area contributed by atoms with E-state index in [2.05, 4.69) is 15.3 Å². The van der Waals surface area contributed by atoms with Crippen LogP contribution in [0.3, 0.4) is 0 Å². The van der Waals surface area contributed by atoms with Gasteiger partial charge in [0.2, 0.25) is 0 Å². The van der Waals surface area contributed by atoms with Crippen LogP contribution in [-0.2, 0) is 0 Å². The number of hydrogen-bond donors (Lipinski definition) is 2. The second-order valence-corrected chi connectivity index (χ2v) is 4.27. The van der Waals surface area contributed by atoms with Gasteiger partial charge in [-0.05, 0) is 38.1 Å². The highest BCUT2D eigenvalue weighted by Gasteiger charge is 2.16. The molecule has 0 aliphatic rings. The van der Waals surface area contributed by atoms with Gasteiger partial charge in [-0.3, -0.25) is 9.78 Å². The van der Waals surface area contributed by atoms with Crippen molar-refractivity contribution >= 4 is 5.91 Å². The molecule has 0 unspecified atom stereocenters. The van der Waals surface area contributed by atoms with Crippen molar-refractivity contribution in [1.29, 1.82) is 0 Å². The smallest absolute Gasteiger partial charge is 0.274 e. The summed E-state index contributed by atoms with van der Waals surface area (Å²) in [5, 5.41) is 12.3. The van der Waals surface area contributed by atoms with E-state index in [1.165, 1.54) is 12.3 Å². The van der Waals surface area contributed by atoms with Gasteiger partial charge in [-0.25, -0.2) is 4.98 Å². The molecule has 5 nitrogen and oxygen atoms in total. The molecule has 0 aliphatic heterocycles. The first kappa shape index (κ1) is 13.0. The summed E-state index contributed by atoms with van der Waals surface area (Å²) < 4.78 is 0. The quantitative estimate of drug-likeness (QED) is 0.881. The van der Waals surface area contributed by atoms with E-state index in [1.54, 1.807) is 6.07 Å². The number of aryl methyl sites for hydroxylation is 1. The molecule has 5 heteroatoms. The predicted molar refractivity (Wildman–Crippen MR) is 70.8 cm³/mol. The molecule has 0 saturated carbocycles. The zero-order valence-corrected chi connectivity index (χ0v) is 10.8. The Balaban J connectivity index is 2.13. The molecule has 0 aliphatic carbocycles. The highest BCUT2D eigenvalue weighted by molar-refractivity contribution is 5.94. The van der Waals surface area contributed by atoms with Gasteiger partial charge < -0.3 is 10.4 Å². The first-order chi connectivity index (χ1) is 9.08. The molecule has 0 spiro atoms. The summed E-state index contributed by atoms with van der Waals surface area (Å²) in [5.41, 5.74) is 1.67. The monoisotopic (exact) mass is 257 g/mol. The SMILES string of the molecule is Cc1cccc([C@@H](C)NC(=O)c2ncccc2O)n1. The first-order valence-electron chi connectivity index (χ1n) is 5.96. The molecule has 2 N–H and O–H groups in total. The molecule has 98 valence electrons. The van der Waals surface area contributed by atoms with E-state index in [1.807, 2.05) is 32.0 Å². The molecule has 1 atom stereocenters. The second kappa shape index (κ2) is 5.48.